The summed E-state index contributed by atoms with van der Waals surface area (Å²) in [6, 6.07) is 15.0. The van der Waals surface area contributed by atoms with Crippen molar-refractivity contribution in [3.8, 4) is 0 Å². The molecule has 0 bridgehead atoms. The molecule has 0 heterocycles. The zero-order chi connectivity index (χ0) is 19.1. The van der Waals surface area contributed by atoms with Gasteiger partial charge in [-0.1, -0.05) is 31.2 Å². The van der Waals surface area contributed by atoms with Gasteiger partial charge < -0.3 is 15.5 Å². The van der Waals surface area contributed by atoms with Crippen molar-refractivity contribution >= 4 is 28.7 Å². The maximum Gasteiger partial charge on any atom is 0.269 e. The Kier molecular flexibility index (Phi) is 7.06. The predicted molar refractivity (Wildman–Crippen MR) is 110 cm³/mol. The number of likely N-dealkylation sites (N-methyl/N-ethyl adjacent to an activating group) is 1. The molecule has 26 heavy (non-hydrogen) atoms. The zero-order valence-corrected chi connectivity index (χ0v) is 16.0. The van der Waals surface area contributed by atoms with E-state index in [0.717, 1.165) is 6.42 Å². The van der Waals surface area contributed by atoms with Gasteiger partial charge in [0, 0.05) is 24.4 Å². The first-order chi connectivity index (χ1) is 12.4. The van der Waals surface area contributed by atoms with Crippen LogP contribution in [0.15, 0.2) is 48.5 Å². The molecule has 0 amide bonds. The van der Waals surface area contributed by atoms with E-state index in [1.807, 2.05) is 14.1 Å². The van der Waals surface area contributed by atoms with Gasteiger partial charge >= 0.3 is 0 Å². The maximum absolute atomic E-state index is 10.7. The summed E-state index contributed by atoms with van der Waals surface area (Å²) in [5.41, 5.74) is 3.30. The summed E-state index contributed by atoms with van der Waals surface area (Å²) in [6.45, 7) is 2.79. The van der Waals surface area contributed by atoms with Gasteiger partial charge in [-0.15, -0.1) is 0 Å². The summed E-state index contributed by atoms with van der Waals surface area (Å²) >= 11 is 5.34. The Balaban J connectivity index is 1.95. The lowest BCUT2D eigenvalue weighted by Gasteiger charge is -2.26. The van der Waals surface area contributed by atoms with E-state index < -0.39 is 4.92 Å². The monoisotopic (exact) mass is 372 g/mol. The highest BCUT2D eigenvalue weighted by Gasteiger charge is 2.14. The van der Waals surface area contributed by atoms with Crippen molar-refractivity contribution in [1.82, 2.24) is 10.2 Å². The van der Waals surface area contributed by atoms with Crippen molar-refractivity contribution in [2.75, 3.05) is 26.0 Å². The van der Waals surface area contributed by atoms with Gasteiger partial charge in [0.25, 0.3) is 5.69 Å². The summed E-state index contributed by atoms with van der Waals surface area (Å²) in [6.07, 6.45) is 1.02. The van der Waals surface area contributed by atoms with E-state index >= 15 is 0 Å². The number of thiocarbonyl (C=S) groups is 1. The number of nitrogens with zero attached hydrogens (tertiary/aromatic N) is 2. The SMILES string of the molecule is CCc1ccc([C@H](CNC(=S)Nc2ccc([N+](=O)[O-])cc2)N(C)C)cc1. The molecule has 0 saturated heterocycles. The van der Waals surface area contributed by atoms with E-state index in [9.17, 15) is 10.1 Å². The van der Waals surface area contributed by atoms with E-state index in [2.05, 4.69) is 46.7 Å². The Morgan fingerprint density at radius 2 is 1.77 bits per heavy atom. The molecule has 0 aliphatic rings. The second-order valence-corrected chi connectivity index (χ2v) is 6.62. The van der Waals surface area contributed by atoms with Crippen molar-refractivity contribution < 1.29 is 4.92 Å². The number of hydrogen-bond donors (Lipinski definition) is 2. The molecular formula is C19H24N4O2S. The second-order valence-electron chi connectivity index (χ2n) is 6.21. The Morgan fingerprint density at radius 1 is 1.15 bits per heavy atom. The first-order valence-electron chi connectivity index (χ1n) is 8.45. The van der Waals surface area contributed by atoms with Crippen LogP contribution in [0.4, 0.5) is 11.4 Å². The number of aryl methyl sites for hydroxylation is 1. The molecule has 2 aromatic rings. The minimum Gasteiger partial charge on any atom is -0.361 e. The molecule has 0 unspecified atom stereocenters. The summed E-state index contributed by atoms with van der Waals surface area (Å²) in [5, 5.41) is 17.4. The van der Waals surface area contributed by atoms with E-state index in [1.165, 1.54) is 23.3 Å². The molecule has 2 aromatic carbocycles. The molecule has 0 aliphatic heterocycles. The second kappa shape index (κ2) is 9.26. The van der Waals surface area contributed by atoms with Crippen LogP contribution in [-0.2, 0) is 6.42 Å². The molecule has 7 heteroatoms. The molecule has 2 N–H and O–H groups in total. The molecule has 138 valence electrons. The number of non-ortho nitro benzene ring substituents is 1. The molecule has 0 saturated carbocycles. The smallest absolute Gasteiger partial charge is 0.269 e. The molecule has 0 aliphatic carbocycles. The summed E-state index contributed by atoms with van der Waals surface area (Å²) in [7, 11) is 4.07. The van der Waals surface area contributed by atoms with Crippen LogP contribution < -0.4 is 10.6 Å². The quantitative estimate of drug-likeness (QED) is 0.438. The van der Waals surface area contributed by atoms with Crippen LogP contribution in [0.3, 0.4) is 0 Å². The van der Waals surface area contributed by atoms with Gasteiger partial charge in [-0.05, 0) is 56.0 Å². The minimum atomic E-state index is -0.425. The fourth-order valence-electron chi connectivity index (χ4n) is 2.61. The largest absolute Gasteiger partial charge is 0.361 e. The summed E-state index contributed by atoms with van der Waals surface area (Å²) < 4.78 is 0. The highest BCUT2D eigenvalue weighted by molar-refractivity contribution is 7.80. The lowest BCUT2D eigenvalue weighted by molar-refractivity contribution is -0.384. The molecule has 2 rings (SSSR count). The zero-order valence-electron chi connectivity index (χ0n) is 15.2. The average molecular weight is 372 g/mol. The fourth-order valence-corrected chi connectivity index (χ4v) is 2.81. The van der Waals surface area contributed by atoms with Gasteiger partial charge in [0.1, 0.15) is 0 Å². The van der Waals surface area contributed by atoms with Gasteiger partial charge in [0.15, 0.2) is 5.11 Å². The average Bonchev–Trinajstić information content (AvgIpc) is 2.62. The standard InChI is InChI=1S/C19H24N4O2S/c1-4-14-5-7-15(8-6-14)18(22(2)3)13-20-19(26)21-16-9-11-17(12-10-16)23(24)25/h5-12,18H,4,13H2,1-3H3,(H2,20,21,26)/t18-/m0/s1. The Morgan fingerprint density at radius 3 is 2.27 bits per heavy atom. The van der Waals surface area contributed by atoms with Gasteiger partial charge in [0.05, 0.1) is 11.0 Å². The van der Waals surface area contributed by atoms with Gasteiger partial charge in [0.2, 0.25) is 0 Å². The van der Waals surface area contributed by atoms with Crippen LogP contribution >= 0.6 is 12.2 Å². The summed E-state index contributed by atoms with van der Waals surface area (Å²) in [4.78, 5) is 12.4. The third kappa shape index (κ3) is 5.50. The number of hydrogen-bond acceptors (Lipinski definition) is 4. The predicted octanol–water partition coefficient (Wildman–Crippen LogP) is 3.75. The van der Waals surface area contributed by atoms with Crippen LogP contribution in [0, 0.1) is 10.1 Å². The Labute approximate surface area is 159 Å². The van der Waals surface area contributed by atoms with Gasteiger partial charge in [-0.2, -0.15) is 0 Å². The van der Waals surface area contributed by atoms with E-state index in [4.69, 9.17) is 12.2 Å². The first-order valence-corrected chi connectivity index (χ1v) is 8.86. The molecule has 0 fully saturated rings. The van der Waals surface area contributed by atoms with Crippen molar-refractivity contribution in [3.05, 3.63) is 69.8 Å². The number of benzene rings is 2. The number of nitro benzene ring substituents is 1. The lowest BCUT2D eigenvalue weighted by Crippen LogP contribution is -2.36. The van der Waals surface area contributed by atoms with Crippen LogP contribution in [0.25, 0.3) is 0 Å². The highest BCUT2D eigenvalue weighted by Crippen LogP contribution is 2.19. The van der Waals surface area contributed by atoms with Crippen molar-refractivity contribution in [3.63, 3.8) is 0 Å². The van der Waals surface area contributed by atoms with Crippen molar-refractivity contribution in [2.45, 2.75) is 19.4 Å². The van der Waals surface area contributed by atoms with Crippen LogP contribution in [0.1, 0.15) is 24.1 Å². The van der Waals surface area contributed by atoms with Crippen molar-refractivity contribution in [2.24, 2.45) is 0 Å². The number of rotatable bonds is 7. The van der Waals surface area contributed by atoms with E-state index in [1.54, 1.807) is 12.1 Å². The molecule has 0 spiro atoms. The van der Waals surface area contributed by atoms with Crippen LogP contribution in [0.5, 0.6) is 0 Å². The molecular weight excluding hydrogens is 348 g/mol. The Hall–Kier alpha value is -2.51. The van der Waals surface area contributed by atoms with Crippen LogP contribution in [-0.4, -0.2) is 35.6 Å². The van der Waals surface area contributed by atoms with E-state index in [0.29, 0.717) is 17.3 Å². The van der Waals surface area contributed by atoms with Gasteiger partial charge in [-0.25, -0.2) is 0 Å². The van der Waals surface area contributed by atoms with Gasteiger partial charge in [-0.3, -0.25) is 10.1 Å². The summed E-state index contributed by atoms with van der Waals surface area (Å²) in [5.74, 6) is 0. The van der Waals surface area contributed by atoms with Crippen molar-refractivity contribution in [1.29, 1.82) is 0 Å². The fraction of sp³-hybridized carbons (Fsp3) is 0.316. The highest BCUT2D eigenvalue weighted by atomic mass is 32.1. The molecule has 0 radical (unpaired) electrons. The normalized spacial score (nSPS) is 11.8. The first kappa shape index (κ1) is 19.8. The van der Waals surface area contributed by atoms with E-state index in [-0.39, 0.29) is 11.7 Å². The molecule has 0 aromatic heterocycles. The minimum absolute atomic E-state index is 0.0534. The molecule has 1 atom stereocenters. The third-order valence-electron chi connectivity index (χ3n) is 4.19. The lowest BCUT2D eigenvalue weighted by atomic mass is 10.0. The Bertz CT molecular complexity index is 745. The number of nitrogens with one attached hydrogen (secondary N) is 2. The maximum atomic E-state index is 10.7. The van der Waals surface area contributed by atoms with Crippen LogP contribution in [0.2, 0.25) is 0 Å². The third-order valence-corrected chi connectivity index (χ3v) is 4.43. The topological polar surface area (TPSA) is 70.4 Å². The number of nitro groups is 1. The number of anilines is 1. The molecule has 6 nitrogen and oxygen atoms in total.